The van der Waals surface area contributed by atoms with Crippen LogP contribution < -0.4 is 5.32 Å². The minimum absolute atomic E-state index is 0.0838. The average Bonchev–Trinajstić information content (AvgIpc) is 3.42. The Morgan fingerprint density at radius 3 is 2.14 bits per heavy atom. The molecule has 4 rings (SSSR count). The molecule has 3 aromatic rings. The van der Waals surface area contributed by atoms with E-state index < -0.39 is 27.0 Å². The molecule has 0 bridgehead atoms. The fourth-order valence-corrected chi connectivity index (χ4v) is 5.45. The van der Waals surface area contributed by atoms with Gasteiger partial charge in [-0.3, -0.25) is 14.4 Å². The van der Waals surface area contributed by atoms with Gasteiger partial charge in [-0.25, -0.2) is 8.42 Å². The fourth-order valence-electron chi connectivity index (χ4n) is 3.99. The predicted molar refractivity (Wildman–Crippen MR) is 132 cm³/mol. The molecule has 3 amide bonds. The van der Waals surface area contributed by atoms with Crippen molar-refractivity contribution in [1.29, 1.82) is 0 Å². The van der Waals surface area contributed by atoms with Crippen molar-refractivity contribution in [2.45, 2.75) is 24.1 Å². The maximum atomic E-state index is 13.5. The van der Waals surface area contributed by atoms with Gasteiger partial charge in [0.05, 0.1) is 11.2 Å². The van der Waals surface area contributed by atoms with E-state index in [-0.39, 0.29) is 42.7 Å². The van der Waals surface area contributed by atoms with Gasteiger partial charge in [0.25, 0.3) is 17.7 Å². The lowest BCUT2D eigenvalue weighted by molar-refractivity contribution is -0.132. The Morgan fingerprint density at radius 1 is 0.861 bits per heavy atom. The number of carbonyl (C=O) groups excluding carboxylic acids is 3. The number of nitrogens with one attached hydrogen (secondary N) is 1. The molecule has 2 aromatic carbocycles. The van der Waals surface area contributed by atoms with Gasteiger partial charge in [-0.15, -0.1) is 0 Å². The summed E-state index contributed by atoms with van der Waals surface area (Å²) in [6.45, 7) is 4.46. The number of hydrogen-bond acceptors (Lipinski definition) is 6. The van der Waals surface area contributed by atoms with Crippen molar-refractivity contribution < 1.29 is 27.2 Å². The van der Waals surface area contributed by atoms with Gasteiger partial charge in [0.1, 0.15) is 0 Å². The summed E-state index contributed by atoms with van der Waals surface area (Å²) >= 11 is 0. The van der Waals surface area contributed by atoms with Crippen LogP contribution in [0, 0.1) is 13.8 Å². The number of benzene rings is 2. The second-order valence-electron chi connectivity index (χ2n) is 8.68. The first-order valence-electron chi connectivity index (χ1n) is 11.5. The number of rotatable bonds is 6. The molecular weight excluding hydrogens is 482 g/mol. The van der Waals surface area contributed by atoms with E-state index in [1.807, 2.05) is 26.0 Å². The number of piperazine rings is 1. The largest absolute Gasteiger partial charge is 0.459 e. The van der Waals surface area contributed by atoms with Crippen LogP contribution in [0.2, 0.25) is 0 Å². The van der Waals surface area contributed by atoms with E-state index >= 15 is 0 Å². The highest BCUT2D eigenvalue weighted by molar-refractivity contribution is 7.92. The molecule has 36 heavy (non-hydrogen) atoms. The molecule has 0 aliphatic carbocycles. The SMILES string of the molecule is Cc1ccc(S(=O)(=O)C(NC(=O)c2ccco2)C(=O)N2CCN(C(=O)c3cccc(C)c3)CC2)cc1. The minimum atomic E-state index is -4.28. The first-order valence-corrected chi connectivity index (χ1v) is 13.0. The summed E-state index contributed by atoms with van der Waals surface area (Å²) in [7, 11) is -4.28. The number of nitrogens with zero attached hydrogens (tertiary/aromatic N) is 2. The van der Waals surface area contributed by atoms with Crippen LogP contribution in [0.25, 0.3) is 0 Å². The number of carbonyl (C=O) groups is 3. The topological polar surface area (TPSA) is 117 Å². The highest BCUT2D eigenvalue weighted by atomic mass is 32.2. The van der Waals surface area contributed by atoms with Crippen LogP contribution in [-0.4, -0.2) is 67.5 Å². The normalized spacial score (nSPS) is 14.8. The van der Waals surface area contributed by atoms with Crippen molar-refractivity contribution in [2.24, 2.45) is 0 Å². The molecule has 1 N–H and O–H groups in total. The first-order chi connectivity index (χ1) is 17.2. The van der Waals surface area contributed by atoms with Gasteiger partial charge in [-0.05, 0) is 50.2 Å². The Balaban J connectivity index is 1.53. The van der Waals surface area contributed by atoms with Crippen molar-refractivity contribution in [1.82, 2.24) is 15.1 Å². The summed E-state index contributed by atoms with van der Waals surface area (Å²) in [6, 6.07) is 16.2. The average molecular weight is 510 g/mol. The molecule has 188 valence electrons. The van der Waals surface area contributed by atoms with Gasteiger partial charge in [-0.1, -0.05) is 35.4 Å². The number of amides is 3. The van der Waals surface area contributed by atoms with Crippen LogP contribution in [0.4, 0.5) is 0 Å². The highest BCUT2D eigenvalue weighted by Crippen LogP contribution is 2.19. The summed E-state index contributed by atoms with van der Waals surface area (Å²) in [6.07, 6.45) is 1.28. The third kappa shape index (κ3) is 5.33. The molecule has 1 saturated heterocycles. The van der Waals surface area contributed by atoms with Crippen molar-refractivity contribution in [3.8, 4) is 0 Å². The summed E-state index contributed by atoms with van der Waals surface area (Å²) in [5, 5.41) is 0.493. The zero-order valence-corrected chi connectivity index (χ0v) is 20.8. The van der Waals surface area contributed by atoms with E-state index in [2.05, 4.69) is 5.32 Å². The quantitative estimate of drug-likeness (QED) is 0.546. The number of aryl methyl sites for hydroxylation is 2. The van der Waals surface area contributed by atoms with Crippen LogP contribution in [0.15, 0.2) is 76.2 Å². The smallest absolute Gasteiger partial charge is 0.288 e. The van der Waals surface area contributed by atoms with Gasteiger partial charge in [0.15, 0.2) is 5.76 Å². The first kappa shape index (κ1) is 25.2. The molecule has 0 radical (unpaired) electrons. The van der Waals surface area contributed by atoms with Crippen molar-refractivity contribution in [3.63, 3.8) is 0 Å². The molecule has 10 heteroatoms. The highest BCUT2D eigenvalue weighted by Gasteiger charge is 2.40. The second kappa shape index (κ2) is 10.4. The molecule has 1 fully saturated rings. The lowest BCUT2D eigenvalue weighted by Crippen LogP contribution is -2.57. The van der Waals surface area contributed by atoms with Gasteiger partial charge >= 0.3 is 0 Å². The third-order valence-corrected chi connectivity index (χ3v) is 7.90. The van der Waals surface area contributed by atoms with E-state index in [4.69, 9.17) is 4.42 Å². The molecule has 1 atom stereocenters. The van der Waals surface area contributed by atoms with Crippen molar-refractivity contribution >= 4 is 27.6 Å². The maximum absolute atomic E-state index is 13.5. The van der Waals surface area contributed by atoms with Crippen LogP contribution in [-0.2, 0) is 14.6 Å². The fraction of sp³-hybridized carbons (Fsp3) is 0.269. The standard InChI is InChI=1S/C26H27N3O6S/c1-18-8-10-21(11-9-18)36(33,34)24(27-23(30)22-7-4-16-35-22)26(32)29-14-12-28(13-15-29)25(31)20-6-3-5-19(2)17-20/h3-11,16-17,24H,12-15H2,1-2H3,(H,27,30). The molecule has 0 spiro atoms. The predicted octanol–water partition coefficient (Wildman–Crippen LogP) is 2.41. The third-order valence-electron chi connectivity index (χ3n) is 6.03. The number of sulfone groups is 1. The van der Waals surface area contributed by atoms with Crippen molar-refractivity contribution in [3.05, 3.63) is 89.4 Å². The summed E-state index contributed by atoms with van der Waals surface area (Å²) < 4.78 is 32.0. The monoisotopic (exact) mass is 509 g/mol. The second-order valence-corrected chi connectivity index (χ2v) is 10.7. The van der Waals surface area contributed by atoms with Crippen LogP contribution >= 0.6 is 0 Å². The van der Waals surface area contributed by atoms with Gasteiger partial charge < -0.3 is 19.5 Å². The number of furan rings is 1. The zero-order chi connectivity index (χ0) is 25.9. The molecule has 1 aliphatic heterocycles. The Kier molecular flexibility index (Phi) is 7.25. The lowest BCUT2D eigenvalue weighted by Gasteiger charge is -2.36. The van der Waals surface area contributed by atoms with Crippen LogP contribution in [0.1, 0.15) is 32.0 Å². The van der Waals surface area contributed by atoms with Crippen LogP contribution in [0.3, 0.4) is 0 Å². The number of hydrogen-bond donors (Lipinski definition) is 1. The van der Waals surface area contributed by atoms with Gasteiger partial charge in [-0.2, -0.15) is 0 Å². The van der Waals surface area contributed by atoms with E-state index in [1.54, 1.807) is 29.2 Å². The Hall–Kier alpha value is -3.92. The zero-order valence-electron chi connectivity index (χ0n) is 20.0. The maximum Gasteiger partial charge on any atom is 0.288 e. The van der Waals surface area contributed by atoms with E-state index in [0.717, 1.165) is 11.1 Å². The van der Waals surface area contributed by atoms with Gasteiger partial charge in [0, 0.05) is 31.7 Å². The molecule has 0 saturated carbocycles. The van der Waals surface area contributed by atoms with Crippen molar-refractivity contribution in [2.75, 3.05) is 26.2 Å². The van der Waals surface area contributed by atoms with E-state index in [9.17, 15) is 22.8 Å². The molecule has 1 aromatic heterocycles. The van der Waals surface area contributed by atoms with E-state index in [0.29, 0.717) is 5.56 Å². The Bertz CT molecular complexity index is 1360. The summed E-state index contributed by atoms with van der Waals surface area (Å²) in [4.78, 5) is 41.9. The lowest BCUT2D eigenvalue weighted by atomic mass is 10.1. The molecule has 2 heterocycles. The Labute approximate surface area is 209 Å². The Morgan fingerprint density at radius 2 is 1.53 bits per heavy atom. The summed E-state index contributed by atoms with van der Waals surface area (Å²) in [5.41, 5.74) is 2.37. The molecule has 1 aliphatic rings. The van der Waals surface area contributed by atoms with E-state index in [1.165, 1.54) is 35.4 Å². The van der Waals surface area contributed by atoms with Crippen LogP contribution in [0.5, 0.6) is 0 Å². The molecule has 1 unspecified atom stereocenters. The summed E-state index contributed by atoms with van der Waals surface area (Å²) in [5.74, 6) is -1.85. The van der Waals surface area contributed by atoms with Gasteiger partial charge in [0.2, 0.25) is 15.2 Å². The minimum Gasteiger partial charge on any atom is -0.459 e. The molecular formula is C26H27N3O6S. The molecule has 9 nitrogen and oxygen atoms in total.